The van der Waals surface area contributed by atoms with Crippen LogP contribution in [0.15, 0.2) is 45.6 Å². The second-order valence-corrected chi connectivity index (χ2v) is 9.77. The normalized spacial score (nSPS) is 18.4. The molecule has 0 radical (unpaired) electrons. The van der Waals surface area contributed by atoms with Gasteiger partial charge in [-0.15, -0.1) is 0 Å². The monoisotopic (exact) mass is 441 g/mol. The third-order valence-electron chi connectivity index (χ3n) is 5.21. The maximum absolute atomic E-state index is 12.9. The number of amidine groups is 1. The van der Waals surface area contributed by atoms with Gasteiger partial charge in [-0.05, 0) is 57.6 Å². The van der Waals surface area contributed by atoms with E-state index in [2.05, 4.69) is 23.5 Å². The number of nitrogens with one attached hydrogen (secondary N) is 1. The van der Waals surface area contributed by atoms with Crippen molar-refractivity contribution in [2.24, 2.45) is 4.99 Å². The van der Waals surface area contributed by atoms with Gasteiger partial charge in [-0.25, -0.2) is 9.79 Å². The van der Waals surface area contributed by atoms with Crippen LogP contribution in [0.3, 0.4) is 0 Å². The van der Waals surface area contributed by atoms with Crippen molar-refractivity contribution in [3.63, 3.8) is 0 Å². The molecule has 0 saturated carbocycles. The summed E-state index contributed by atoms with van der Waals surface area (Å²) in [5.41, 5.74) is 4.97. The molecule has 0 spiro atoms. The van der Waals surface area contributed by atoms with Crippen LogP contribution in [0.25, 0.3) is 0 Å². The van der Waals surface area contributed by atoms with Gasteiger partial charge in [0.1, 0.15) is 0 Å². The number of allylic oxidation sites excluding steroid dienone is 1. The molecule has 7 heteroatoms. The number of hydrogen-bond acceptors (Lipinski definition) is 6. The first-order valence-electron chi connectivity index (χ1n) is 10.5. The molecule has 0 bridgehead atoms. The molecule has 0 unspecified atom stereocenters. The zero-order chi connectivity index (χ0) is 22.9. The molecule has 0 aliphatic carbocycles. The number of ether oxygens (including phenoxy) is 1. The number of nitrogens with zero attached hydrogens (tertiary/aromatic N) is 2. The molecule has 0 saturated heterocycles. The summed E-state index contributed by atoms with van der Waals surface area (Å²) in [6.07, 6.45) is 0.824. The lowest BCUT2D eigenvalue weighted by molar-refractivity contribution is -0.136. The van der Waals surface area contributed by atoms with E-state index >= 15 is 0 Å². The Labute approximate surface area is 188 Å². The van der Waals surface area contributed by atoms with Crippen LogP contribution in [0.4, 0.5) is 0 Å². The summed E-state index contributed by atoms with van der Waals surface area (Å²) >= 11 is 1.49. The number of benzene rings is 1. The fraction of sp³-hybridized carbons (Fsp3) is 0.458. The summed E-state index contributed by atoms with van der Waals surface area (Å²) in [7, 11) is 1.40. The fourth-order valence-corrected chi connectivity index (χ4v) is 4.83. The van der Waals surface area contributed by atoms with Crippen LogP contribution < -0.4 is 5.32 Å². The lowest BCUT2D eigenvalue weighted by Crippen LogP contribution is -2.42. The Bertz CT molecular complexity index is 1000. The van der Waals surface area contributed by atoms with E-state index in [4.69, 9.17) is 9.73 Å². The highest BCUT2D eigenvalue weighted by atomic mass is 32.2. The Hall–Kier alpha value is -2.54. The molecule has 3 rings (SSSR count). The Balaban J connectivity index is 2.11. The minimum absolute atomic E-state index is 0.0646. The Kier molecular flexibility index (Phi) is 6.65. The minimum atomic E-state index is -0.390. The first kappa shape index (κ1) is 23.1. The molecule has 166 valence electrons. The number of esters is 1. The Morgan fingerprint density at radius 3 is 2.58 bits per heavy atom. The largest absolute Gasteiger partial charge is 0.466 e. The van der Waals surface area contributed by atoms with E-state index in [9.17, 15) is 9.59 Å². The predicted octanol–water partition coefficient (Wildman–Crippen LogP) is 4.75. The van der Waals surface area contributed by atoms with E-state index in [1.165, 1.54) is 18.9 Å². The highest BCUT2D eigenvalue weighted by molar-refractivity contribution is 8.16. The molecule has 2 aliphatic heterocycles. The summed E-state index contributed by atoms with van der Waals surface area (Å²) in [6, 6.07) is 5.84. The Morgan fingerprint density at radius 2 is 1.97 bits per heavy atom. The summed E-state index contributed by atoms with van der Waals surface area (Å²) in [4.78, 5) is 32.5. The highest BCUT2D eigenvalue weighted by Gasteiger charge is 2.42. The lowest BCUT2D eigenvalue weighted by Gasteiger charge is -2.37. The van der Waals surface area contributed by atoms with Gasteiger partial charge in [0.2, 0.25) is 5.91 Å². The third kappa shape index (κ3) is 4.87. The predicted molar refractivity (Wildman–Crippen MR) is 125 cm³/mol. The van der Waals surface area contributed by atoms with Crippen molar-refractivity contribution in [3.8, 4) is 0 Å². The number of rotatable bonds is 5. The number of fused-ring (bicyclic) bond motifs is 1. The van der Waals surface area contributed by atoms with E-state index < -0.39 is 6.04 Å². The zero-order valence-corrected chi connectivity index (χ0v) is 20.1. The number of thioether (sulfide) groups is 1. The number of carbonyl (C=O) groups excluding carboxylic acids is 2. The summed E-state index contributed by atoms with van der Waals surface area (Å²) in [5, 5.41) is 5.77. The smallest absolute Gasteiger partial charge is 0.338 e. The van der Waals surface area contributed by atoms with Gasteiger partial charge in [0.25, 0.3) is 0 Å². The van der Waals surface area contributed by atoms with E-state index in [0.29, 0.717) is 12.0 Å². The average molecular weight is 442 g/mol. The number of carbonyl (C=O) groups is 2. The van der Waals surface area contributed by atoms with Crippen molar-refractivity contribution in [1.29, 1.82) is 0 Å². The van der Waals surface area contributed by atoms with Crippen molar-refractivity contribution >= 4 is 28.8 Å². The lowest BCUT2D eigenvalue weighted by atomic mass is 9.89. The maximum atomic E-state index is 12.9. The van der Waals surface area contributed by atoms with Gasteiger partial charge in [-0.1, -0.05) is 42.4 Å². The topological polar surface area (TPSA) is 71.0 Å². The van der Waals surface area contributed by atoms with E-state index in [1.54, 1.807) is 0 Å². The van der Waals surface area contributed by atoms with Crippen molar-refractivity contribution in [2.75, 3.05) is 7.11 Å². The van der Waals surface area contributed by atoms with Gasteiger partial charge in [0.05, 0.1) is 30.8 Å². The molecule has 0 fully saturated rings. The zero-order valence-electron chi connectivity index (χ0n) is 19.3. The molecular formula is C24H31N3O3S. The highest BCUT2D eigenvalue weighted by Crippen LogP contribution is 2.46. The second kappa shape index (κ2) is 8.91. The molecule has 1 atom stereocenters. The minimum Gasteiger partial charge on any atom is -0.466 e. The van der Waals surface area contributed by atoms with E-state index in [0.717, 1.165) is 33.3 Å². The number of hydrogen-bond donors (Lipinski definition) is 1. The van der Waals surface area contributed by atoms with Crippen molar-refractivity contribution in [1.82, 2.24) is 10.2 Å². The first-order valence-corrected chi connectivity index (χ1v) is 11.4. The van der Waals surface area contributed by atoms with Crippen LogP contribution in [-0.4, -0.2) is 34.6 Å². The SMILES string of the molecule is CCC1=C(C(=O)OC)[C@H](c2cc(C)ccc2C)N2C(CC(=O)NC(C)(C)C)=CSC2=N1. The number of aryl methyl sites for hydroxylation is 2. The third-order valence-corrected chi connectivity index (χ3v) is 6.10. The van der Waals surface area contributed by atoms with Gasteiger partial charge >= 0.3 is 5.97 Å². The van der Waals surface area contributed by atoms with Crippen molar-refractivity contribution < 1.29 is 14.3 Å². The van der Waals surface area contributed by atoms with Crippen LogP contribution in [0.1, 0.15) is 63.3 Å². The van der Waals surface area contributed by atoms with Crippen molar-refractivity contribution in [3.05, 3.63) is 57.3 Å². The number of methoxy groups -OCH3 is 1. The van der Waals surface area contributed by atoms with E-state index in [-0.39, 0.29) is 23.8 Å². The molecule has 1 amide bonds. The van der Waals surface area contributed by atoms with E-state index in [1.807, 2.05) is 51.9 Å². The van der Waals surface area contributed by atoms with Crippen molar-refractivity contribution in [2.45, 2.75) is 66.0 Å². The first-order chi connectivity index (χ1) is 14.6. The molecular weight excluding hydrogens is 410 g/mol. The molecule has 1 aromatic carbocycles. The van der Waals surface area contributed by atoms with Crippen LogP contribution in [0.5, 0.6) is 0 Å². The Morgan fingerprint density at radius 1 is 1.26 bits per heavy atom. The summed E-state index contributed by atoms with van der Waals surface area (Å²) in [6.45, 7) is 11.9. The molecule has 6 nitrogen and oxygen atoms in total. The van der Waals surface area contributed by atoms with Gasteiger partial charge in [-0.2, -0.15) is 0 Å². The van der Waals surface area contributed by atoms with Gasteiger partial charge < -0.3 is 15.0 Å². The number of aliphatic imine (C=N–C) groups is 1. The van der Waals surface area contributed by atoms with Crippen LogP contribution >= 0.6 is 11.8 Å². The quantitative estimate of drug-likeness (QED) is 0.668. The molecule has 1 N–H and O–H groups in total. The van der Waals surface area contributed by atoms with Gasteiger partial charge in [0, 0.05) is 11.2 Å². The maximum Gasteiger partial charge on any atom is 0.338 e. The molecule has 2 aliphatic rings. The second-order valence-electron chi connectivity index (χ2n) is 8.93. The molecule has 31 heavy (non-hydrogen) atoms. The van der Waals surface area contributed by atoms with Gasteiger partial charge in [0.15, 0.2) is 5.17 Å². The summed E-state index contributed by atoms with van der Waals surface area (Å²) < 4.78 is 5.18. The summed E-state index contributed by atoms with van der Waals surface area (Å²) in [5.74, 6) is -0.453. The van der Waals surface area contributed by atoms with Crippen LogP contribution in [0.2, 0.25) is 0 Å². The van der Waals surface area contributed by atoms with Crippen LogP contribution in [-0.2, 0) is 14.3 Å². The van der Waals surface area contributed by atoms with Crippen LogP contribution in [0, 0.1) is 13.8 Å². The van der Waals surface area contributed by atoms with Gasteiger partial charge in [-0.3, -0.25) is 4.79 Å². The standard InChI is InChI=1S/C24H31N3O3S/c1-8-18-20(22(29)30-7)21(17-11-14(2)9-10-15(17)3)27-16(13-31-23(27)25-18)12-19(28)26-24(4,5)6/h9-11,13,21H,8,12H2,1-7H3,(H,26,28)/t21-/m0/s1. The number of amides is 1. The molecule has 1 aromatic rings. The molecule has 2 heterocycles. The fourth-order valence-electron chi connectivity index (χ4n) is 3.89. The molecule has 0 aromatic heterocycles. The average Bonchev–Trinajstić information content (AvgIpc) is 3.08.